The van der Waals surface area contributed by atoms with Crippen LogP contribution in [0.25, 0.3) is 0 Å². The van der Waals surface area contributed by atoms with Gasteiger partial charge in [-0.3, -0.25) is 0 Å². The van der Waals surface area contributed by atoms with Gasteiger partial charge in [0.25, 0.3) is 0 Å². The molecule has 94 valence electrons. The Labute approximate surface area is 112 Å². The molecule has 0 amide bonds. The molecule has 0 heterocycles. The molecule has 1 aromatic rings. The molecule has 1 aromatic carbocycles. The van der Waals surface area contributed by atoms with E-state index in [0.29, 0.717) is 0 Å². The Morgan fingerprint density at radius 3 is 2.71 bits per heavy atom. The summed E-state index contributed by atoms with van der Waals surface area (Å²) in [4.78, 5) is 2.27. The van der Waals surface area contributed by atoms with E-state index in [-0.39, 0.29) is 0 Å². The molecule has 2 nitrogen and oxygen atoms in total. The zero-order chi connectivity index (χ0) is 12.8. The maximum absolute atomic E-state index is 9.53. The smallest absolute Gasteiger partial charge is 0.0762 e. The largest absolute Gasteiger partial charge is 0.389 e. The van der Waals surface area contributed by atoms with E-state index in [4.69, 9.17) is 0 Å². The topological polar surface area (TPSA) is 23.5 Å². The molecule has 1 atom stereocenters. The summed E-state index contributed by atoms with van der Waals surface area (Å²) >= 11 is 3.57. The van der Waals surface area contributed by atoms with Gasteiger partial charge < -0.3 is 10.0 Å². The Kier molecular flexibility index (Phi) is 5.72. The lowest BCUT2D eigenvalue weighted by Gasteiger charge is -2.24. The average molecular weight is 298 g/mol. The fourth-order valence-electron chi connectivity index (χ4n) is 1.78. The number of hydrogen-bond acceptors (Lipinski definition) is 2. The zero-order valence-corrected chi connectivity index (χ0v) is 12.1. The highest BCUT2D eigenvalue weighted by molar-refractivity contribution is 9.10. The number of aliphatic hydroxyl groups is 1. The summed E-state index contributed by atoms with van der Waals surface area (Å²) in [5.41, 5.74) is 2.08. The number of hydrogen-bond donors (Lipinski definition) is 1. The van der Waals surface area contributed by atoms with Crippen molar-refractivity contribution in [3.63, 3.8) is 0 Å². The maximum atomic E-state index is 9.53. The number of anilines is 1. The van der Waals surface area contributed by atoms with Crippen molar-refractivity contribution in [3.8, 4) is 0 Å². The van der Waals surface area contributed by atoms with Crippen LogP contribution in [0.5, 0.6) is 0 Å². The molecule has 1 rings (SSSR count). The second kappa shape index (κ2) is 6.82. The number of rotatable bonds is 6. The van der Waals surface area contributed by atoms with E-state index in [0.717, 1.165) is 35.2 Å². The van der Waals surface area contributed by atoms with Crippen LogP contribution in [0.4, 0.5) is 5.69 Å². The van der Waals surface area contributed by atoms with Crippen LogP contribution in [0, 0.1) is 0 Å². The Morgan fingerprint density at radius 2 is 2.24 bits per heavy atom. The van der Waals surface area contributed by atoms with Gasteiger partial charge in [-0.15, -0.1) is 6.58 Å². The summed E-state index contributed by atoms with van der Waals surface area (Å²) in [6.07, 6.45) is 2.57. The van der Waals surface area contributed by atoms with Gasteiger partial charge in [0, 0.05) is 17.6 Å². The van der Waals surface area contributed by atoms with Crippen molar-refractivity contribution in [2.75, 3.05) is 18.0 Å². The molecule has 0 saturated heterocycles. The van der Waals surface area contributed by atoms with Crippen molar-refractivity contribution >= 4 is 21.6 Å². The quantitative estimate of drug-likeness (QED) is 0.805. The minimum absolute atomic E-state index is 0.431. The Morgan fingerprint density at radius 1 is 1.53 bits per heavy atom. The van der Waals surface area contributed by atoms with Gasteiger partial charge in [0.05, 0.1) is 11.8 Å². The summed E-state index contributed by atoms with van der Waals surface area (Å²) in [6.45, 7) is 9.55. The highest BCUT2D eigenvalue weighted by atomic mass is 79.9. The first-order valence-electron chi connectivity index (χ1n) is 5.93. The molecule has 0 aliphatic carbocycles. The predicted molar refractivity (Wildman–Crippen MR) is 77.5 cm³/mol. The monoisotopic (exact) mass is 297 g/mol. The second-order valence-corrected chi connectivity index (χ2v) is 4.98. The van der Waals surface area contributed by atoms with Crippen LogP contribution in [0.2, 0.25) is 0 Å². The van der Waals surface area contributed by atoms with Gasteiger partial charge in [-0.1, -0.05) is 19.1 Å². The van der Waals surface area contributed by atoms with Crippen molar-refractivity contribution in [1.82, 2.24) is 0 Å². The fraction of sp³-hybridized carbons (Fsp3) is 0.429. The molecule has 0 aliphatic rings. The van der Waals surface area contributed by atoms with Gasteiger partial charge >= 0.3 is 0 Å². The van der Waals surface area contributed by atoms with E-state index in [1.54, 1.807) is 6.92 Å². The summed E-state index contributed by atoms with van der Waals surface area (Å²) in [5, 5.41) is 9.53. The summed E-state index contributed by atoms with van der Waals surface area (Å²) in [5.74, 6) is 0. The van der Waals surface area contributed by atoms with E-state index >= 15 is 0 Å². The van der Waals surface area contributed by atoms with Crippen molar-refractivity contribution in [3.05, 3.63) is 40.9 Å². The molecule has 0 unspecified atom stereocenters. The van der Waals surface area contributed by atoms with Gasteiger partial charge in [-0.2, -0.15) is 0 Å². The fourth-order valence-corrected chi connectivity index (χ4v) is 2.42. The number of nitrogens with zero attached hydrogens (tertiary/aromatic N) is 1. The predicted octanol–water partition coefficient (Wildman–Crippen LogP) is 3.90. The Bertz CT molecular complexity index is 376. The van der Waals surface area contributed by atoms with E-state index in [1.807, 2.05) is 24.3 Å². The first kappa shape index (κ1) is 14.3. The SMILES string of the molecule is C=CCN(CCC)c1ccc([C@H](C)O)cc1Br. The number of halogens is 1. The number of aliphatic hydroxyl groups excluding tert-OH is 1. The lowest BCUT2D eigenvalue weighted by atomic mass is 10.1. The Balaban J connectivity index is 2.99. The van der Waals surface area contributed by atoms with Gasteiger partial charge in [-0.05, 0) is 47.0 Å². The molecule has 0 fully saturated rings. The third-order valence-corrected chi connectivity index (χ3v) is 3.27. The average Bonchev–Trinajstić information content (AvgIpc) is 2.28. The molecular weight excluding hydrogens is 278 g/mol. The Hall–Kier alpha value is -0.800. The van der Waals surface area contributed by atoms with Crippen LogP contribution >= 0.6 is 15.9 Å². The minimum atomic E-state index is -0.431. The zero-order valence-electron chi connectivity index (χ0n) is 10.5. The summed E-state index contributed by atoms with van der Waals surface area (Å²) < 4.78 is 1.02. The van der Waals surface area contributed by atoms with Crippen LogP contribution in [0.15, 0.2) is 35.3 Å². The van der Waals surface area contributed by atoms with Crippen LogP contribution in [0.3, 0.4) is 0 Å². The van der Waals surface area contributed by atoms with E-state index in [1.165, 1.54) is 0 Å². The standard InChI is InChI=1S/C14H20BrNO/c1-4-8-16(9-5-2)14-7-6-12(11(3)17)10-13(14)15/h4,6-7,10-11,17H,1,5,8-9H2,2-3H3/t11-/m0/s1. The van der Waals surface area contributed by atoms with Gasteiger partial charge in [-0.25, -0.2) is 0 Å². The van der Waals surface area contributed by atoms with Gasteiger partial charge in [0.15, 0.2) is 0 Å². The van der Waals surface area contributed by atoms with Crippen molar-refractivity contribution in [2.24, 2.45) is 0 Å². The highest BCUT2D eigenvalue weighted by Crippen LogP contribution is 2.29. The lowest BCUT2D eigenvalue weighted by Crippen LogP contribution is -2.24. The molecule has 1 N–H and O–H groups in total. The third-order valence-electron chi connectivity index (χ3n) is 2.64. The number of benzene rings is 1. The molecule has 0 saturated carbocycles. The highest BCUT2D eigenvalue weighted by Gasteiger charge is 2.10. The molecule has 17 heavy (non-hydrogen) atoms. The van der Waals surface area contributed by atoms with Crippen LogP contribution in [-0.4, -0.2) is 18.2 Å². The van der Waals surface area contributed by atoms with Crippen molar-refractivity contribution in [2.45, 2.75) is 26.4 Å². The second-order valence-electron chi connectivity index (χ2n) is 4.12. The van der Waals surface area contributed by atoms with Crippen LogP contribution in [0.1, 0.15) is 31.9 Å². The molecule has 0 radical (unpaired) electrons. The normalized spacial score (nSPS) is 12.2. The minimum Gasteiger partial charge on any atom is -0.389 e. The third kappa shape index (κ3) is 3.86. The lowest BCUT2D eigenvalue weighted by molar-refractivity contribution is 0.199. The van der Waals surface area contributed by atoms with Crippen molar-refractivity contribution in [1.29, 1.82) is 0 Å². The summed E-state index contributed by atoms with van der Waals surface area (Å²) in [6, 6.07) is 5.99. The molecule has 0 aliphatic heterocycles. The first-order valence-corrected chi connectivity index (χ1v) is 6.72. The van der Waals surface area contributed by atoms with E-state index in [9.17, 15) is 5.11 Å². The summed E-state index contributed by atoms with van der Waals surface area (Å²) in [7, 11) is 0. The molecule has 0 spiro atoms. The molecular formula is C14H20BrNO. The van der Waals surface area contributed by atoms with E-state index < -0.39 is 6.10 Å². The van der Waals surface area contributed by atoms with Crippen LogP contribution in [-0.2, 0) is 0 Å². The first-order chi connectivity index (χ1) is 8.10. The molecule has 3 heteroatoms. The van der Waals surface area contributed by atoms with E-state index in [2.05, 4.69) is 34.3 Å². The maximum Gasteiger partial charge on any atom is 0.0762 e. The molecule has 0 aromatic heterocycles. The molecule has 0 bridgehead atoms. The van der Waals surface area contributed by atoms with Crippen molar-refractivity contribution < 1.29 is 5.11 Å². The van der Waals surface area contributed by atoms with Gasteiger partial charge in [0.1, 0.15) is 0 Å². The van der Waals surface area contributed by atoms with Gasteiger partial charge in [0.2, 0.25) is 0 Å². The van der Waals surface area contributed by atoms with Crippen LogP contribution < -0.4 is 4.90 Å².